The Morgan fingerprint density at radius 2 is 1.94 bits per heavy atom. The van der Waals surface area contributed by atoms with Crippen molar-refractivity contribution >= 4 is 17.6 Å². The molecule has 0 radical (unpaired) electrons. The van der Waals surface area contributed by atoms with Crippen LogP contribution in [0, 0.1) is 23.5 Å². The lowest BCUT2D eigenvalue weighted by Crippen LogP contribution is -2.26. The Labute approximate surface area is 185 Å². The maximum absolute atomic E-state index is 14.6. The number of carbonyl (C=O) groups excluding carboxylic acids is 1. The van der Waals surface area contributed by atoms with Gasteiger partial charge in [0.05, 0.1) is 12.7 Å². The number of hydrogen-bond donors (Lipinski definition) is 1. The Morgan fingerprint density at radius 1 is 1.19 bits per heavy atom. The second kappa shape index (κ2) is 8.69. The number of aromatic nitrogens is 1. The zero-order valence-electron chi connectivity index (χ0n) is 18.0. The lowest BCUT2D eigenvalue weighted by Gasteiger charge is -2.17. The van der Waals surface area contributed by atoms with Gasteiger partial charge in [0, 0.05) is 43.9 Å². The number of nitrogens with zero attached hydrogens (tertiary/aromatic N) is 2. The standard InChI is InChI=1S/C23H27F2N3O4/c1-2-19-20(27-23(32-19)28-4-3-6-30-7-5-28)22(29)26-15-11-17(24)21(18(25)12-15)31-16-9-13-8-14(13)10-16/h11-14,16H,2-10H2,1H3,(H,26,29). The second-order valence-corrected chi connectivity index (χ2v) is 8.77. The van der Waals surface area contributed by atoms with Crippen molar-refractivity contribution in [2.45, 2.75) is 45.1 Å². The van der Waals surface area contributed by atoms with Crippen molar-refractivity contribution in [3.05, 3.63) is 35.2 Å². The third-order valence-electron chi connectivity index (χ3n) is 6.46. The van der Waals surface area contributed by atoms with E-state index < -0.39 is 17.5 Å². The number of oxazole rings is 1. The van der Waals surface area contributed by atoms with Crippen LogP contribution in [-0.4, -0.2) is 43.3 Å². The highest BCUT2D eigenvalue weighted by molar-refractivity contribution is 6.03. The zero-order chi connectivity index (χ0) is 22.2. The van der Waals surface area contributed by atoms with E-state index in [0.29, 0.717) is 56.3 Å². The molecule has 1 aromatic carbocycles. The van der Waals surface area contributed by atoms with Crippen LogP contribution in [0.25, 0.3) is 0 Å². The summed E-state index contributed by atoms with van der Waals surface area (Å²) in [5.74, 6) is -0.910. The number of halogens is 2. The molecule has 3 aliphatic rings. The van der Waals surface area contributed by atoms with E-state index in [4.69, 9.17) is 13.9 Å². The van der Waals surface area contributed by atoms with Gasteiger partial charge < -0.3 is 24.1 Å². The monoisotopic (exact) mass is 447 g/mol. The number of ether oxygens (including phenoxy) is 2. The molecule has 3 fully saturated rings. The average Bonchev–Trinajstić information content (AvgIpc) is 3.28. The highest BCUT2D eigenvalue weighted by Gasteiger charge is 2.47. The van der Waals surface area contributed by atoms with Crippen molar-refractivity contribution in [3.8, 4) is 5.75 Å². The molecule has 1 saturated heterocycles. The third-order valence-corrected chi connectivity index (χ3v) is 6.46. The fourth-order valence-corrected chi connectivity index (χ4v) is 4.69. The maximum Gasteiger partial charge on any atom is 0.298 e. The molecule has 32 heavy (non-hydrogen) atoms. The molecule has 1 aliphatic heterocycles. The number of hydrogen-bond acceptors (Lipinski definition) is 6. The van der Waals surface area contributed by atoms with Crippen LogP contribution in [0.1, 0.15) is 48.9 Å². The number of anilines is 2. The van der Waals surface area contributed by atoms with Gasteiger partial charge in [0.1, 0.15) is 5.76 Å². The quantitative estimate of drug-likeness (QED) is 0.716. The summed E-state index contributed by atoms with van der Waals surface area (Å²) in [6.45, 7) is 4.41. The van der Waals surface area contributed by atoms with Crippen LogP contribution in [0.5, 0.6) is 5.75 Å². The number of aryl methyl sites for hydroxylation is 1. The predicted octanol–water partition coefficient (Wildman–Crippen LogP) is 4.17. The molecular formula is C23H27F2N3O4. The second-order valence-electron chi connectivity index (χ2n) is 8.77. The molecule has 2 unspecified atom stereocenters. The van der Waals surface area contributed by atoms with Crippen molar-refractivity contribution in [1.29, 1.82) is 0 Å². The van der Waals surface area contributed by atoms with E-state index in [1.54, 1.807) is 0 Å². The fourth-order valence-electron chi connectivity index (χ4n) is 4.69. The van der Waals surface area contributed by atoms with Crippen LogP contribution in [0.4, 0.5) is 20.5 Å². The van der Waals surface area contributed by atoms with Crippen LogP contribution in [0.2, 0.25) is 0 Å². The summed E-state index contributed by atoms with van der Waals surface area (Å²) >= 11 is 0. The molecule has 2 saturated carbocycles. The van der Waals surface area contributed by atoms with Gasteiger partial charge in [0.25, 0.3) is 11.9 Å². The van der Waals surface area contributed by atoms with Gasteiger partial charge in [0.15, 0.2) is 23.1 Å². The molecule has 2 atom stereocenters. The van der Waals surface area contributed by atoms with E-state index in [9.17, 15) is 13.6 Å². The first-order chi connectivity index (χ1) is 15.5. The molecule has 0 bridgehead atoms. The number of nitrogens with one attached hydrogen (secondary N) is 1. The van der Waals surface area contributed by atoms with E-state index in [2.05, 4.69) is 10.3 Å². The van der Waals surface area contributed by atoms with Crippen molar-refractivity contribution in [3.63, 3.8) is 0 Å². The molecule has 2 aliphatic carbocycles. The van der Waals surface area contributed by atoms with Crippen molar-refractivity contribution in [2.24, 2.45) is 11.8 Å². The van der Waals surface area contributed by atoms with E-state index in [0.717, 1.165) is 31.4 Å². The third kappa shape index (κ3) is 4.30. The van der Waals surface area contributed by atoms with Gasteiger partial charge in [-0.05, 0) is 37.5 Å². The molecule has 5 rings (SSSR count). The number of carbonyl (C=O) groups is 1. The first-order valence-corrected chi connectivity index (χ1v) is 11.3. The predicted molar refractivity (Wildman–Crippen MR) is 113 cm³/mol. The van der Waals surface area contributed by atoms with Crippen molar-refractivity contribution in [1.82, 2.24) is 4.98 Å². The van der Waals surface area contributed by atoms with Gasteiger partial charge in [-0.1, -0.05) is 6.92 Å². The molecule has 7 nitrogen and oxygen atoms in total. The maximum atomic E-state index is 14.6. The van der Waals surface area contributed by atoms with Gasteiger partial charge in [-0.3, -0.25) is 4.79 Å². The van der Waals surface area contributed by atoms with Crippen LogP contribution >= 0.6 is 0 Å². The molecule has 9 heteroatoms. The summed E-state index contributed by atoms with van der Waals surface area (Å²) in [6.07, 6.45) is 4.04. The Hall–Kier alpha value is -2.68. The first kappa shape index (κ1) is 21.2. The first-order valence-electron chi connectivity index (χ1n) is 11.3. The molecular weight excluding hydrogens is 420 g/mol. The fraction of sp³-hybridized carbons (Fsp3) is 0.565. The Morgan fingerprint density at radius 3 is 2.66 bits per heavy atom. The Kier molecular flexibility index (Phi) is 5.75. The largest absolute Gasteiger partial charge is 0.484 e. The van der Waals surface area contributed by atoms with Crippen LogP contribution in [0.3, 0.4) is 0 Å². The minimum Gasteiger partial charge on any atom is -0.484 e. The summed E-state index contributed by atoms with van der Waals surface area (Å²) in [7, 11) is 0. The van der Waals surface area contributed by atoms with Crippen LogP contribution < -0.4 is 15.0 Å². The van der Waals surface area contributed by atoms with E-state index in [-0.39, 0.29) is 23.2 Å². The van der Waals surface area contributed by atoms with E-state index >= 15 is 0 Å². The lowest BCUT2D eigenvalue weighted by molar-refractivity contribution is 0.102. The number of rotatable bonds is 6. The molecule has 1 N–H and O–H groups in total. The normalized spacial score (nSPS) is 24.7. The van der Waals surface area contributed by atoms with Gasteiger partial charge in [-0.2, -0.15) is 4.98 Å². The summed E-state index contributed by atoms with van der Waals surface area (Å²) in [4.78, 5) is 19.1. The summed E-state index contributed by atoms with van der Waals surface area (Å²) < 4.78 is 46.0. The number of fused-ring (bicyclic) bond motifs is 1. The highest BCUT2D eigenvalue weighted by atomic mass is 19.1. The summed E-state index contributed by atoms with van der Waals surface area (Å²) in [6, 6.07) is 2.50. The molecule has 1 aromatic heterocycles. The molecule has 2 heterocycles. The summed E-state index contributed by atoms with van der Waals surface area (Å²) in [5.41, 5.74) is 0.111. The molecule has 172 valence electrons. The van der Waals surface area contributed by atoms with Gasteiger partial charge in [-0.25, -0.2) is 8.78 Å². The minimum atomic E-state index is -0.831. The highest BCUT2D eigenvalue weighted by Crippen LogP contribution is 2.52. The smallest absolute Gasteiger partial charge is 0.298 e. The van der Waals surface area contributed by atoms with Crippen LogP contribution in [-0.2, 0) is 11.2 Å². The molecule has 2 aromatic rings. The topological polar surface area (TPSA) is 76.8 Å². The SMILES string of the molecule is CCc1oc(N2CCCOCC2)nc1C(=O)Nc1cc(F)c(OC2CC3CC3C2)c(F)c1. The molecule has 0 spiro atoms. The van der Waals surface area contributed by atoms with E-state index in [1.807, 2.05) is 11.8 Å². The average molecular weight is 447 g/mol. The zero-order valence-corrected chi connectivity index (χ0v) is 18.0. The van der Waals surface area contributed by atoms with E-state index in [1.165, 1.54) is 6.42 Å². The molecule has 1 amide bonds. The summed E-state index contributed by atoms with van der Waals surface area (Å²) in [5, 5.41) is 2.54. The number of benzene rings is 1. The lowest BCUT2D eigenvalue weighted by atomic mass is 10.2. The van der Waals surface area contributed by atoms with Gasteiger partial charge >= 0.3 is 0 Å². The minimum absolute atomic E-state index is 0.00129. The number of amides is 1. The Bertz CT molecular complexity index is 970. The van der Waals surface area contributed by atoms with Gasteiger partial charge in [-0.15, -0.1) is 0 Å². The van der Waals surface area contributed by atoms with Gasteiger partial charge in [0.2, 0.25) is 0 Å². The van der Waals surface area contributed by atoms with Crippen LogP contribution in [0.15, 0.2) is 16.5 Å². The van der Waals surface area contributed by atoms with Crippen molar-refractivity contribution < 1.29 is 27.5 Å². The Balaban J connectivity index is 1.30. The van der Waals surface area contributed by atoms with Crippen molar-refractivity contribution in [2.75, 3.05) is 36.5 Å².